The van der Waals surface area contributed by atoms with Gasteiger partial charge in [-0.15, -0.1) is 0 Å². The molecule has 1 fully saturated rings. The van der Waals surface area contributed by atoms with Crippen LogP contribution in [0.5, 0.6) is 0 Å². The predicted molar refractivity (Wildman–Crippen MR) is 82.9 cm³/mol. The third kappa shape index (κ3) is 3.62. The normalized spacial score (nSPS) is 21.2. The molecule has 1 atom stereocenters. The van der Waals surface area contributed by atoms with Gasteiger partial charge in [0.1, 0.15) is 18.2 Å². The molecule has 24 heavy (non-hydrogen) atoms. The van der Waals surface area contributed by atoms with Crippen molar-refractivity contribution in [1.82, 2.24) is 15.1 Å². The highest BCUT2D eigenvalue weighted by Crippen LogP contribution is 2.39. The molecule has 2 aromatic rings. The van der Waals surface area contributed by atoms with Crippen LogP contribution in [0.4, 0.5) is 8.78 Å². The van der Waals surface area contributed by atoms with E-state index in [0.717, 1.165) is 11.6 Å². The molecule has 1 aromatic carbocycles. The van der Waals surface area contributed by atoms with Crippen LogP contribution in [0.1, 0.15) is 30.0 Å². The van der Waals surface area contributed by atoms with Crippen molar-refractivity contribution in [3.05, 3.63) is 53.4 Å². The fourth-order valence-corrected chi connectivity index (χ4v) is 3.02. The molecule has 0 aliphatic heterocycles. The summed E-state index contributed by atoms with van der Waals surface area (Å²) in [7, 11) is 0. The molecule has 0 spiro atoms. The molecule has 1 heterocycles. The molecular weight excluding hydrogens is 316 g/mol. The Kier molecular flexibility index (Phi) is 4.62. The fraction of sp³-hybridized carbons (Fsp3) is 0.412. The molecule has 1 saturated carbocycles. The average Bonchev–Trinajstić information content (AvgIpc) is 2.87. The summed E-state index contributed by atoms with van der Waals surface area (Å²) in [6.07, 6.45) is 3.89. The maximum Gasteiger partial charge on any atom is 0.242 e. The SMILES string of the molecule is Cc1cnn(CC(=O)NC(c2ccc(F)cc2F)C2CC(O)C2)c1. The van der Waals surface area contributed by atoms with Gasteiger partial charge in [-0.3, -0.25) is 9.48 Å². The molecule has 0 saturated heterocycles. The standard InChI is InChI=1S/C17H19F2N3O2/c1-10-7-20-22(8-10)9-16(24)21-17(11-4-13(23)5-11)14-3-2-12(18)6-15(14)19/h2-3,6-8,11,13,17,23H,4-5,9H2,1H3,(H,21,24). The Morgan fingerprint density at radius 1 is 1.46 bits per heavy atom. The summed E-state index contributed by atoms with van der Waals surface area (Å²) < 4.78 is 28.8. The topological polar surface area (TPSA) is 67.2 Å². The molecule has 0 radical (unpaired) electrons. The minimum absolute atomic E-state index is 0.0163. The summed E-state index contributed by atoms with van der Waals surface area (Å²) in [6.45, 7) is 1.89. The van der Waals surface area contributed by atoms with E-state index in [0.29, 0.717) is 12.8 Å². The van der Waals surface area contributed by atoms with E-state index in [1.807, 2.05) is 6.92 Å². The van der Waals surface area contributed by atoms with Gasteiger partial charge < -0.3 is 10.4 Å². The van der Waals surface area contributed by atoms with Crippen molar-refractivity contribution in [2.45, 2.75) is 38.5 Å². The Hall–Kier alpha value is -2.28. The fourth-order valence-electron chi connectivity index (χ4n) is 3.02. The van der Waals surface area contributed by atoms with Gasteiger partial charge in [-0.2, -0.15) is 5.10 Å². The minimum Gasteiger partial charge on any atom is -0.393 e. The second kappa shape index (κ2) is 6.68. The zero-order valence-corrected chi connectivity index (χ0v) is 13.2. The van der Waals surface area contributed by atoms with Gasteiger partial charge in [0.15, 0.2) is 0 Å². The molecule has 1 unspecified atom stereocenters. The first-order valence-electron chi connectivity index (χ1n) is 7.84. The van der Waals surface area contributed by atoms with Crippen molar-refractivity contribution >= 4 is 5.91 Å². The monoisotopic (exact) mass is 335 g/mol. The number of amides is 1. The van der Waals surface area contributed by atoms with Crippen LogP contribution < -0.4 is 5.32 Å². The van der Waals surface area contributed by atoms with Gasteiger partial charge in [-0.05, 0) is 37.3 Å². The first-order chi connectivity index (χ1) is 11.4. The second-order valence-electron chi connectivity index (χ2n) is 6.31. The molecule has 1 aliphatic rings. The van der Waals surface area contributed by atoms with Crippen molar-refractivity contribution in [2.75, 3.05) is 0 Å². The van der Waals surface area contributed by atoms with Crippen LogP contribution in [0.3, 0.4) is 0 Å². The summed E-state index contributed by atoms with van der Waals surface area (Å²) in [4.78, 5) is 12.3. The number of nitrogens with one attached hydrogen (secondary N) is 1. The van der Waals surface area contributed by atoms with Crippen molar-refractivity contribution < 1.29 is 18.7 Å². The summed E-state index contributed by atoms with van der Waals surface area (Å²) >= 11 is 0. The number of aliphatic hydroxyl groups is 1. The first kappa shape index (κ1) is 16.6. The lowest BCUT2D eigenvalue weighted by Gasteiger charge is -2.38. The molecule has 3 rings (SSSR count). The van der Waals surface area contributed by atoms with Crippen LogP contribution in [0.25, 0.3) is 0 Å². The van der Waals surface area contributed by atoms with E-state index in [2.05, 4.69) is 10.4 Å². The van der Waals surface area contributed by atoms with E-state index in [1.54, 1.807) is 12.4 Å². The van der Waals surface area contributed by atoms with Crippen molar-refractivity contribution in [2.24, 2.45) is 5.92 Å². The molecule has 2 N–H and O–H groups in total. The Morgan fingerprint density at radius 3 is 2.79 bits per heavy atom. The smallest absolute Gasteiger partial charge is 0.242 e. The van der Waals surface area contributed by atoms with E-state index >= 15 is 0 Å². The second-order valence-corrected chi connectivity index (χ2v) is 6.31. The van der Waals surface area contributed by atoms with Crippen LogP contribution in [0, 0.1) is 24.5 Å². The molecule has 5 nitrogen and oxygen atoms in total. The van der Waals surface area contributed by atoms with Crippen molar-refractivity contribution in [3.63, 3.8) is 0 Å². The number of aromatic nitrogens is 2. The van der Waals surface area contributed by atoms with Gasteiger partial charge in [0.2, 0.25) is 5.91 Å². The van der Waals surface area contributed by atoms with Gasteiger partial charge in [0.05, 0.1) is 18.3 Å². The number of aliphatic hydroxyl groups excluding tert-OH is 1. The molecular formula is C17H19F2N3O2. The van der Waals surface area contributed by atoms with Crippen LogP contribution in [-0.4, -0.2) is 26.9 Å². The third-order valence-corrected chi connectivity index (χ3v) is 4.30. The molecule has 1 aliphatic carbocycles. The quantitative estimate of drug-likeness (QED) is 0.879. The van der Waals surface area contributed by atoms with Crippen molar-refractivity contribution in [3.8, 4) is 0 Å². The van der Waals surface area contributed by atoms with Gasteiger partial charge in [-0.1, -0.05) is 6.07 Å². The van der Waals surface area contributed by atoms with E-state index in [-0.39, 0.29) is 23.9 Å². The largest absolute Gasteiger partial charge is 0.393 e. The highest BCUT2D eigenvalue weighted by atomic mass is 19.1. The number of carbonyl (C=O) groups excluding carboxylic acids is 1. The first-order valence-corrected chi connectivity index (χ1v) is 7.84. The lowest BCUT2D eigenvalue weighted by Crippen LogP contribution is -2.42. The van der Waals surface area contributed by atoms with E-state index in [9.17, 15) is 18.7 Å². The lowest BCUT2D eigenvalue weighted by atomic mass is 9.75. The summed E-state index contributed by atoms with van der Waals surface area (Å²) in [5, 5.41) is 16.4. The molecule has 1 aromatic heterocycles. The number of nitrogens with zero attached hydrogens (tertiary/aromatic N) is 2. The summed E-state index contributed by atoms with van der Waals surface area (Å²) in [5.41, 5.74) is 1.17. The van der Waals surface area contributed by atoms with E-state index in [1.165, 1.54) is 16.8 Å². The van der Waals surface area contributed by atoms with Crippen LogP contribution in [-0.2, 0) is 11.3 Å². The molecule has 7 heteroatoms. The van der Waals surface area contributed by atoms with Gasteiger partial charge in [0.25, 0.3) is 0 Å². The lowest BCUT2D eigenvalue weighted by molar-refractivity contribution is -0.123. The molecule has 0 bridgehead atoms. The highest BCUT2D eigenvalue weighted by Gasteiger charge is 2.36. The molecule has 1 amide bonds. The van der Waals surface area contributed by atoms with Crippen LogP contribution >= 0.6 is 0 Å². The Labute approximate surface area is 138 Å². The summed E-state index contributed by atoms with van der Waals surface area (Å²) in [6, 6.07) is 2.72. The van der Waals surface area contributed by atoms with Crippen molar-refractivity contribution in [1.29, 1.82) is 0 Å². The zero-order valence-electron chi connectivity index (χ0n) is 13.2. The van der Waals surface area contributed by atoms with Gasteiger partial charge in [0, 0.05) is 17.8 Å². The Balaban J connectivity index is 1.76. The zero-order chi connectivity index (χ0) is 17.3. The van der Waals surface area contributed by atoms with E-state index in [4.69, 9.17) is 0 Å². The van der Waals surface area contributed by atoms with Gasteiger partial charge in [-0.25, -0.2) is 8.78 Å². The van der Waals surface area contributed by atoms with Gasteiger partial charge >= 0.3 is 0 Å². The maximum absolute atomic E-state index is 14.1. The Morgan fingerprint density at radius 2 is 2.21 bits per heavy atom. The number of rotatable bonds is 5. The number of benzene rings is 1. The number of halogens is 2. The average molecular weight is 335 g/mol. The predicted octanol–water partition coefficient (Wildman–Crippen LogP) is 2.10. The number of carbonyl (C=O) groups is 1. The van der Waals surface area contributed by atoms with Crippen LogP contribution in [0.2, 0.25) is 0 Å². The number of hydrogen-bond acceptors (Lipinski definition) is 3. The molecule has 128 valence electrons. The maximum atomic E-state index is 14.1. The minimum atomic E-state index is -0.698. The highest BCUT2D eigenvalue weighted by molar-refractivity contribution is 5.76. The number of hydrogen-bond donors (Lipinski definition) is 2. The third-order valence-electron chi connectivity index (χ3n) is 4.30. The van der Waals surface area contributed by atoms with Crippen LogP contribution in [0.15, 0.2) is 30.6 Å². The van der Waals surface area contributed by atoms with E-state index < -0.39 is 23.8 Å². The summed E-state index contributed by atoms with van der Waals surface area (Å²) in [5.74, 6) is -1.75. The number of aryl methyl sites for hydroxylation is 1. The Bertz CT molecular complexity index is 741.